The Morgan fingerprint density at radius 1 is 1.37 bits per heavy atom. The second-order valence-corrected chi connectivity index (χ2v) is 9.34. The van der Waals surface area contributed by atoms with Gasteiger partial charge in [0.05, 0.1) is 15.6 Å². The second-order valence-electron chi connectivity index (χ2n) is 8.32. The molecule has 2 saturated carbocycles. The highest BCUT2D eigenvalue weighted by atomic mass is 32.2. The molecule has 2 aliphatic rings. The number of hydrogen-bond donors (Lipinski definition) is 2. The molecule has 2 aliphatic carbocycles. The number of nitro benzene ring substituents is 1. The number of hydrogen-bond acceptors (Lipinski definition) is 5. The molecule has 0 aromatic heterocycles. The van der Waals surface area contributed by atoms with Crippen molar-refractivity contribution in [2.24, 2.45) is 22.5 Å². The Morgan fingerprint density at radius 2 is 2.07 bits per heavy atom. The van der Waals surface area contributed by atoms with Gasteiger partial charge in [0.1, 0.15) is 0 Å². The fourth-order valence-corrected chi connectivity index (χ4v) is 5.55. The van der Waals surface area contributed by atoms with E-state index in [1.807, 2.05) is 0 Å². The Kier molecular flexibility index (Phi) is 4.96. The summed E-state index contributed by atoms with van der Waals surface area (Å²) in [7, 11) is 0. The summed E-state index contributed by atoms with van der Waals surface area (Å²) >= 11 is 1.10. The quantitative estimate of drug-likeness (QED) is 0.439. The molecule has 3 rings (SSSR count). The number of primary amides is 1. The van der Waals surface area contributed by atoms with E-state index in [-0.39, 0.29) is 39.8 Å². The van der Waals surface area contributed by atoms with Crippen LogP contribution in [0.5, 0.6) is 0 Å². The van der Waals surface area contributed by atoms with Crippen molar-refractivity contribution in [3.63, 3.8) is 0 Å². The highest BCUT2D eigenvalue weighted by molar-refractivity contribution is 8.00. The molecule has 0 saturated heterocycles. The number of nitrogens with one attached hydrogen (secondary N) is 1. The van der Waals surface area contributed by atoms with E-state index in [0.717, 1.165) is 30.7 Å². The highest BCUT2D eigenvalue weighted by Crippen LogP contribution is 2.65. The first-order valence-corrected chi connectivity index (χ1v) is 10.0. The van der Waals surface area contributed by atoms with Gasteiger partial charge in [0.25, 0.3) is 5.69 Å². The normalized spacial score (nSPS) is 28.1. The van der Waals surface area contributed by atoms with Crippen molar-refractivity contribution in [3.05, 3.63) is 33.9 Å². The van der Waals surface area contributed by atoms with Gasteiger partial charge in [0, 0.05) is 17.7 Å². The number of amides is 2. The molecule has 3 atom stereocenters. The highest BCUT2D eigenvalue weighted by Gasteiger charge is 2.61. The third-order valence-electron chi connectivity index (χ3n) is 6.93. The lowest BCUT2D eigenvalue weighted by molar-refractivity contribution is -0.387. The number of fused-ring (bicyclic) bond motifs is 2. The number of carbonyl (C=O) groups excluding carboxylic acids is 2. The SMILES string of the molecule is CC1(C)C2CCC1(C)C(NC(=O)CSc1ccc(C(N)=O)cc1[N+](=O)[O-])C2. The zero-order valence-electron chi connectivity index (χ0n) is 15.8. The number of benzene rings is 1. The largest absolute Gasteiger partial charge is 0.366 e. The molecule has 0 radical (unpaired) electrons. The van der Waals surface area contributed by atoms with Crippen LogP contribution in [0.15, 0.2) is 23.1 Å². The van der Waals surface area contributed by atoms with Crippen LogP contribution in [0.1, 0.15) is 50.4 Å². The Morgan fingerprint density at radius 3 is 2.59 bits per heavy atom. The van der Waals surface area contributed by atoms with Crippen molar-refractivity contribution in [2.75, 3.05) is 5.75 Å². The Labute approximate surface area is 162 Å². The molecular formula is C19H25N3O4S. The number of rotatable bonds is 6. The van der Waals surface area contributed by atoms with Gasteiger partial charge < -0.3 is 11.1 Å². The summed E-state index contributed by atoms with van der Waals surface area (Å²) in [6.45, 7) is 6.83. The summed E-state index contributed by atoms with van der Waals surface area (Å²) in [4.78, 5) is 34.7. The lowest BCUT2D eigenvalue weighted by Crippen LogP contribution is -2.47. The van der Waals surface area contributed by atoms with E-state index in [2.05, 4.69) is 26.1 Å². The van der Waals surface area contributed by atoms with E-state index in [1.165, 1.54) is 18.6 Å². The molecule has 1 aromatic rings. The van der Waals surface area contributed by atoms with Gasteiger partial charge in [-0.15, -0.1) is 11.8 Å². The van der Waals surface area contributed by atoms with Crippen molar-refractivity contribution in [1.29, 1.82) is 0 Å². The second kappa shape index (κ2) is 6.82. The molecule has 1 aromatic carbocycles. The van der Waals surface area contributed by atoms with E-state index in [0.29, 0.717) is 10.8 Å². The molecule has 2 amide bonds. The number of nitro groups is 1. The molecule has 3 unspecified atom stereocenters. The minimum Gasteiger partial charge on any atom is -0.366 e. The monoisotopic (exact) mass is 391 g/mol. The van der Waals surface area contributed by atoms with Gasteiger partial charge in [-0.2, -0.15) is 0 Å². The van der Waals surface area contributed by atoms with Crippen molar-refractivity contribution in [1.82, 2.24) is 5.32 Å². The molecule has 0 spiro atoms. The van der Waals surface area contributed by atoms with Gasteiger partial charge >= 0.3 is 0 Å². The van der Waals surface area contributed by atoms with E-state index in [1.54, 1.807) is 0 Å². The minimum absolute atomic E-state index is 0.0765. The van der Waals surface area contributed by atoms with Gasteiger partial charge in [-0.1, -0.05) is 20.8 Å². The summed E-state index contributed by atoms with van der Waals surface area (Å²) in [5, 5.41) is 14.4. The summed E-state index contributed by atoms with van der Waals surface area (Å²) in [6.07, 6.45) is 3.32. The smallest absolute Gasteiger partial charge is 0.283 e. The summed E-state index contributed by atoms with van der Waals surface area (Å²) in [5.74, 6) is -0.126. The average Bonchev–Trinajstić information content (AvgIpc) is 2.93. The molecule has 0 heterocycles. The van der Waals surface area contributed by atoms with Crippen LogP contribution in [0.3, 0.4) is 0 Å². The number of nitrogens with zero attached hydrogens (tertiary/aromatic N) is 1. The first kappa shape index (κ1) is 19.7. The van der Waals surface area contributed by atoms with Crippen LogP contribution >= 0.6 is 11.8 Å². The molecule has 2 fully saturated rings. The average molecular weight is 391 g/mol. The molecule has 0 aliphatic heterocycles. The van der Waals surface area contributed by atoms with Crippen molar-refractivity contribution >= 4 is 29.3 Å². The van der Waals surface area contributed by atoms with Crippen LogP contribution in [0, 0.1) is 26.9 Å². The van der Waals surface area contributed by atoms with E-state index in [9.17, 15) is 19.7 Å². The predicted molar refractivity (Wildman–Crippen MR) is 103 cm³/mol. The van der Waals surface area contributed by atoms with E-state index >= 15 is 0 Å². The van der Waals surface area contributed by atoms with Gasteiger partial charge in [-0.05, 0) is 48.1 Å². The lowest BCUT2D eigenvalue weighted by atomic mass is 9.69. The van der Waals surface area contributed by atoms with E-state index < -0.39 is 10.8 Å². The maximum atomic E-state index is 12.5. The lowest BCUT2D eigenvalue weighted by Gasteiger charge is -2.39. The molecule has 7 nitrogen and oxygen atoms in total. The minimum atomic E-state index is -0.723. The fraction of sp³-hybridized carbons (Fsp3) is 0.579. The first-order chi connectivity index (χ1) is 12.6. The van der Waals surface area contributed by atoms with Crippen LogP contribution in [0.4, 0.5) is 5.69 Å². The van der Waals surface area contributed by atoms with Crippen LogP contribution in [-0.4, -0.2) is 28.5 Å². The van der Waals surface area contributed by atoms with Crippen LogP contribution in [0.25, 0.3) is 0 Å². The van der Waals surface area contributed by atoms with Crippen molar-refractivity contribution in [2.45, 2.75) is 51.0 Å². The van der Waals surface area contributed by atoms with Crippen molar-refractivity contribution < 1.29 is 14.5 Å². The van der Waals surface area contributed by atoms with Gasteiger partial charge in [-0.25, -0.2) is 0 Å². The Bertz CT molecular complexity index is 810. The zero-order chi connectivity index (χ0) is 20.0. The molecule has 8 heteroatoms. The summed E-state index contributed by atoms with van der Waals surface area (Å²) in [6, 6.07) is 4.21. The van der Waals surface area contributed by atoms with Gasteiger partial charge in [0.2, 0.25) is 11.8 Å². The molecule has 27 heavy (non-hydrogen) atoms. The van der Waals surface area contributed by atoms with Gasteiger partial charge in [0.15, 0.2) is 0 Å². The number of thioether (sulfide) groups is 1. The third kappa shape index (κ3) is 3.31. The van der Waals surface area contributed by atoms with Crippen molar-refractivity contribution in [3.8, 4) is 0 Å². The summed E-state index contributed by atoms with van der Waals surface area (Å²) in [5.41, 5.74) is 5.34. The molecule has 2 bridgehead atoms. The fourth-order valence-electron chi connectivity index (χ4n) is 4.74. The molecule has 3 N–H and O–H groups in total. The van der Waals surface area contributed by atoms with E-state index in [4.69, 9.17) is 5.73 Å². The van der Waals surface area contributed by atoms with Crippen LogP contribution < -0.4 is 11.1 Å². The predicted octanol–water partition coefficient (Wildman–Crippen LogP) is 3.12. The first-order valence-electron chi connectivity index (χ1n) is 9.06. The Balaban J connectivity index is 1.65. The Hall–Kier alpha value is -2.09. The van der Waals surface area contributed by atoms with Gasteiger partial charge in [-0.3, -0.25) is 19.7 Å². The maximum Gasteiger partial charge on any atom is 0.283 e. The molecule has 146 valence electrons. The maximum absolute atomic E-state index is 12.5. The zero-order valence-corrected chi connectivity index (χ0v) is 16.6. The topological polar surface area (TPSA) is 115 Å². The van der Waals surface area contributed by atoms with Crippen LogP contribution in [-0.2, 0) is 4.79 Å². The third-order valence-corrected chi connectivity index (χ3v) is 7.99. The standard InChI is InChI=1S/C19H25N3O4S/c1-18(2)12-6-7-19(18,3)15(9-12)21-16(23)10-27-14-5-4-11(17(20)24)8-13(14)22(25)26/h4-5,8,12,15H,6-7,9-10H2,1-3H3,(H2,20,24)(H,21,23). The molecular weight excluding hydrogens is 366 g/mol. The summed E-state index contributed by atoms with van der Waals surface area (Å²) < 4.78 is 0. The number of nitrogens with two attached hydrogens (primary N) is 1. The van der Waals surface area contributed by atoms with Crippen LogP contribution in [0.2, 0.25) is 0 Å². The number of carbonyl (C=O) groups is 2.